The molecule has 0 saturated carbocycles. The Hall–Kier alpha value is -1.49. The van der Waals surface area contributed by atoms with E-state index in [1.165, 1.54) is 18.0 Å². The van der Waals surface area contributed by atoms with Crippen molar-refractivity contribution in [3.63, 3.8) is 0 Å². The smallest absolute Gasteiger partial charge is 0.226 e. The molecule has 0 aliphatic carbocycles. The number of hydrogen-bond acceptors (Lipinski definition) is 2. The Balaban J connectivity index is 2.67. The molecule has 3 nitrogen and oxygen atoms in total. The Morgan fingerprint density at radius 2 is 2.12 bits per heavy atom. The summed E-state index contributed by atoms with van der Waals surface area (Å²) in [5, 5.41) is 9.11. The van der Waals surface area contributed by atoms with Crippen molar-refractivity contribution in [2.45, 2.75) is 19.4 Å². The van der Waals surface area contributed by atoms with Gasteiger partial charge in [-0.15, -0.1) is 0 Å². The average Bonchev–Trinajstić information content (AvgIpc) is 2.21. The fourth-order valence-corrected chi connectivity index (χ4v) is 1.46. The van der Waals surface area contributed by atoms with Crippen LogP contribution in [0.5, 0.6) is 0 Å². The third kappa shape index (κ3) is 4.11. The number of aliphatic hydroxyl groups excluding tert-OH is 1. The number of amides is 1. The van der Waals surface area contributed by atoms with Crippen molar-refractivity contribution in [3.8, 4) is 0 Å². The van der Waals surface area contributed by atoms with E-state index >= 15 is 0 Å². The average molecular weight is 243 g/mol. The molecule has 1 aromatic carbocycles. The first-order chi connectivity index (χ1) is 7.90. The van der Waals surface area contributed by atoms with Crippen molar-refractivity contribution in [2.75, 3.05) is 13.6 Å². The molecule has 1 N–H and O–H groups in total. The molecule has 0 heterocycles. The van der Waals surface area contributed by atoms with Crippen LogP contribution in [0.15, 0.2) is 18.2 Å². The van der Waals surface area contributed by atoms with E-state index in [-0.39, 0.29) is 24.4 Å². The van der Waals surface area contributed by atoms with E-state index < -0.39 is 17.7 Å². The molecule has 0 aliphatic heterocycles. The van der Waals surface area contributed by atoms with Gasteiger partial charge in [-0.25, -0.2) is 8.78 Å². The second-order valence-electron chi connectivity index (χ2n) is 4.04. The number of carbonyl (C=O) groups excluding carboxylic acids is 1. The van der Waals surface area contributed by atoms with E-state index in [1.807, 2.05) is 0 Å². The second kappa shape index (κ2) is 5.72. The second-order valence-corrected chi connectivity index (χ2v) is 4.04. The highest BCUT2D eigenvalue weighted by Crippen LogP contribution is 2.11. The van der Waals surface area contributed by atoms with E-state index in [9.17, 15) is 13.6 Å². The molecule has 1 aromatic rings. The lowest BCUT2D eigenvalue weighted by molar-refractivity contribution is -0.130. The zero-order valence-electron chi connectivity index (χ0n) is 9.78. The van der Waals surface area contributed by atoms with Gasteiger partial charge in [0.15, 0.2) is 0 Å². The number of carbonyl (C=O) groups is 1. The number of aliphatic hydroxyl groups is 1. The zero-order valence-corrected chi connectivity index (χ0v) is 9.78. The monoisotopic (exact) mass is 243 g/mol. The minimum atomic E-state index is -0.733. The molecule has 0 saturated heterocycles. The summed E-state index contributed by atoms with van der Waals surface area (Å²) in [5.74, 6) is -1.73. The first-order valence-electron chi connectivity index (χ1n) is 5.26. The van der Waals surface area contributed by atoms with E-state index in [4.69, 9.17) is 5.11 Å². The summed E-state index contributed by atoms with van der Waals surface area (Å²) in [7, 11) is 1.52. The topological polar surface area (TPSA) is 40.5 Å². The molecule has 1 unspecified atom stereocenters. The highest BCUT2D eigenvalue weighted by atomic mass is 19.1. The maximum Gasteiger partial charge on any atom is 0.226 e. The van der Waals surface area contributed by atoms with Crippen LogP contribution >= 0.6 is 0 Å². The Morgan fingerprint density at radius 3 is 2.65 bits per heavy atom. The van der Waals surface area contributed by atoms with Gasteiger partial charge in [0.2, 0.25) is 5.91 Å². The molecule has 0 bridgehead atoms. The molecule has 94 valence electrons. The lowest BCUT2D eigenvalue weighted by Crippen LogP contribution is -2.34. The lowest BCUT2D eigenvalue weighted by atomic mass is 10.1. The van der Waals surface area contributed by atoms with Crippen molar-refractivity contribution in [3.05, 3.63) is 35.4 Å². The normalized spacial score (nSPS) is 12.3. The molecule has 0 spiro atoms. The number of halogens is 2. The van der Waals surface area contributed by atoms with Crippen molar-refractivity contribution >= 4 is 5.91 Å². The SMILES string of the molecule is CC(O)CN(C)C(=O)Cc1ccc(F)cc1F. The van der Waals surface area contributed by atoms with Gasteiger partial charge >= 0.3 is 0 Å². The number of benzene rings is 1. The summed E-state index contributed by atoms with van der Waals surface area (Å²) < 4.78 is 25.9. The summed E-state index contributed by atoms with van der Waals surface area (Å²) in [4.78, 5) is 13.0. The van der Waals surface area contributed by atoms with Crippen LogP contribution in [0.3, 0.4) is 0 Å². The Labute approximate surface area is 98.7 Å². The highest BCUT2D eigenvalue weighted by molar-refractivity contribution is 5.78. The van der Waals surface area contributed by atoms with Crippen LogP contribution in [0.2, 0.25) is 0 Å². The van der Waals surface area contributed by atoms with Crippen LogP contribution in [0.25, 0.3) is 0 Å². The van der Waals surface area contributed by atoms with Gasteiger partial charge in [-0.2, -0.15) is 0 Å². The van der Waals surface area contributed by atoms with E-state index in [0.29, 0.717) is 0 Å². The first kappa shape index (κ1) is 13.6. The predicted octanol–water partition coefficient (Wildman–Crippen LogP) is 1.35. The van der Waals surface area contributed by atoms with Gasteiger partial charge in [-0.1, -0.05) is 6.07 Å². The van der Waals surface area contributed by atoms with Gasteiger partial charge in [-0.05, 0) is 18.6 Å². The molecular formula is C12H15F2NO2. The number of likely N-dealkylation sites (N-methyl/N-ethyl adjacent to an activating group) is 1. The lowest BCUT2D eigenvalue weighted by Gasteiger charge is -2.18. The van der Waals surface area contributed by atoms with Crippen LogP contribution in [0.1, 0.15) is 12.5 Å². The summed E-state index contributed by atoms with van der Waals surface area (Å²) >= 11 is 0. The Kier molecular flexibility index (Phi) is 4.57. The molecule has 0 aromatic heterocycles. The molecule has 5 heteroatoms. The predicted molar refractivity (Wildman–Crippen MR) is 59.4 cm³/mol. The summed E-state index contributed by atoms with van der Waals surface area (Å²) in [6, 6.07) is 3.11. The Bertz CT molecular complexity index is 407. The van der Waals surface area contributed by atoms with Gasteiger partial charge in [0.05, 0.1) is 12.5 Å². The number of hydrogen-bond donors (Lipinski definition) is 1. The third-order valence-corrected chi connectivity index (χ3v) is 2.32. The minimum absolute atomic E-state index is 0.144. The van der Waals surface area contributed by atoms with E-state index in [0.717, 1.165) is 12.1 Å². The third-order valence-electron chi connectivity index (χ3n) is 2.32. The minimum Gasteiger partial charge on any atom is -0.392 e. The molecule has 1 amide bonds. The van der Waals surface area contributed by atoms with E-state index in [2.05, 4.69) is 0 Å². The zero-order chi connectivity index (χ0) is 13.0. The molecule has 0 fully saturated rings. The van der Waals surface area contributed by atoms with Gasteiger partial charge in [0.25, 0.3) is 0 Å². The molecule has 17 heavy (non-hydrogen) atoms. The van der Waals surface area contributed by atoms with Crippen LogP contribution in [0, 0.1) is 11.6 Å². The first-order valence-corrected chi connectivity index (χ1v) is 5.26. The van der Waals surface area contributed by atoms with Crippen molar-refractivity contribution in [1.29, 1.82) is 0 Å². The van der Waals surface area contributed by atoms with Crippen LogP contribution in [-0.4, -0.2) is 35.6 Å². The maximum absolute atomic E-state index is 13.3. The highest BCUT2D eigenvalue weighted by Gasteiger charge is 2.14. The fourth-order valence-electron chi connectivity index (χ4n) is 1.46. The largest absolute Gasteiger partial charge is 0.392 e. The maximum atomic E-state index is 13.3. The van der Waals surface area contributed by atoms with Crippen LogP contribution in [-0.2, 0) is 11.2 Å². The quantitative estimate of drug-likeness (QED) is 0.867. The van der Waals surface area contributed by atoms with Gasteiger partial charge < -0.3 is 10.0 Å². The molecule has 0 radical (unpaired) electrons. The molecule has 1 atom stereocenters. The van der Waals surface area contributed by atoms with Gasteiger partial charge in [0.1, 0.15) is 11.6 Å². The van der Waals surface area contributed by atoms with Crippen LogP contribution in [0.4, 0.5) is 8.78 Å². The summed E-state index contributed by atoms with van der Waals surface area (Å²) in [6.07, 6.45) is -0.781. The standard InChI is InChI=1S/C12H15F2NO2/c1-8(16)7-15(2)12(17)5-9-3-4-10(13)6-11(9)14/h3-4,6,8,16H,5,7H2,1-2H3. The molecule has 0 aliphatic rings. The van der Waals surface area contributed by atoms with Crippen molar-refractivity contribution < 1.29 is 18.7 Å². The number of rotatable bonds is 4. The summed E-state index contributed by atoms with van der Waals surface area (Å²) in [5.41, 5.74) is 0.147. The van der Waals surface area contributed by atoms with Gasteiger partial charge in [0, 0.05) is 19.7 Å². The Morgan fingerprint density at radius 1 is 1.47 bits per heavy atom. The van der Waals surface area contributed by atoms with Gasteiger partial charge in [-0.3, -0.25) is 4.79 Å². The van der Waals surface area contributed by atoms with E-state index in [1.54, 1.807) is 6.92 Å². The summed E-state index contributed by atoms with van der Waals surface area (Å²) in [6.45, 7) is 1.74. The van der Waals surface area contributed by atoms with Crippen molar-refractivity contribution in [1.82, 2.24) is 4.90 Å². The molecule has 1 rings (SSSR count). The molecular weight excluding hydrogens is 228 g/mol. The van der Waals surface area contributed by atoms with Crippen LogP contribution < -0.4 is 0 Å². The van der Waals surface area contributed by atoms with Crippen molar-refractivity contribution in [2.24, 2.45) is 0 Å². The number of nitrogens with zero attached hydrogens (tertiary/aromatic N) is 1. The fraction of sp³-hybridized carbons (Fsp3) is 0.417.